The van der Waals surface area contributed by atoms with Gasteiger partial charge in [0.05, 0.1) is 26.4 Å². The number of nitrogens with zero attached hydrogens (tertiary/aromatic N) is 2. The van der Waals surface area contributed by atoms with E-state index in [0.29, 0.717) is 0 Å². The smallest absolute Gasteiger partial charge is 0.0594 e. The predicted octanol–water partition coefficient (Wildman–Crippen LogP) is 1.35. The number of hydrogen-bond donors (Lipinski definition) is 0. The van der Waals surface area contributed by atoms with Crippen LogP contribution in [0.4, 0.5) is 0 Å². The molecule has 0 amide bonds. The Morgan fingerprint density at radius 1 is 0.650 bits per heavy atom. The highest BCUT2D eigenvalue weighted by atomic mass is 16.5. The third-order valence-electron chi connectivity index (χ3n) is 4.04. The number of rotatable bonds is 4. The highest BCUT2D eigenvalue weighted by Crippen LogP contribution is 2.11. The van der Waals surface area contributed by atoms with Gasteiger partial charge in [-0.05, 0) is 11.1 Å². The Labute approximate surface area is 121 Å². The van der Waals surface area contributed by atoms with Crippen LogP contribution in [0.15, 0.2) is 24.3 Å². The third kappa shape index (κ3) is 4.03. The van der Waals surface area contributed by atoms with Crippen LogP contribution in [0.25, 0.3) is 0 Å². The van der Waals surface area contributed by atoms with Gasteiger partial charge in [0.25, 0.3) is 0 Å². The average Bonchev–Trinajstić information content (AvgIpc) is 2.51. The topological polar surface area (TPSA) is 24.9 Å². The van der Waals surface area contributed by atoms with E-state index in [1.807, 2.05) is 0 Å². The maximum Gasteiger partial charge on any atom is 0.0594 e. The molecule has 110 valence electrons. The molecule has 2 aliphatic rings. The first-order valence-corrected chi connectivity index (χ1v) is 7.58. The maximum absolute atomic E-state index is 5.38. The number of benzene rings is 1. The van der Waals surface area contributed by atoms with Crippen molar-refractivity contribution in [2.45, 2.75) is 13.1 Å². The van der Waals surface area contributed by atoms with E-state index in [1.54, 1.807) is 0 Å². The van der Waals surface area contributed by atoms with Gasteiger partial charge in [-0.2, -0.15) is 0 Å². The fourth-order valence-corrected chi connectivity index (χ4v) is 2.79. The first-order valence-electron chi connectivity index (χ1n) is 7.58. The van der Waals surface area contributed by atoms with Gasteiger partial charge in [-0.15, -0.1) is 0 Å². The highest BCUT2D eigenvalue weighted by Gasteiger charge is 2.12. The van der Waals surface area contributed by atoms with Crippen molar-refractivity contribution >= 4 is 0 Å². The molecule has 1 aromatic carbocycles. The second-order valence-corrected chi connectivity index (χ2v) is 5.59. The summed E-state index contributed by atoms with van der Waals surface area (Å²) in [6.45, 7) is 9.77. The molecule has 0 atom stereocenters. The Morgan fingerprint density at radius 3 is 1.35 bits per heavy atom. The zero-order valence-electron chi connectivity index (χ0n) is 12.1. The minimum Gasteiger partial charge on any atom is -0.379 e. The molecule has 3 rings (SSSR count). The van der Waals surface area contributed by atoms with Gasteiger partial charge in [-0.3, -0.25) is 9.80 Å². The van der Waals surface area contributed by atoms with Gasteiger partial charge >= 0.3 is 0 Å². The zero-order valence-corrected chi connectivity index (χ0v) is 12.1. The molecule has 0 bridgehead atoms. The lowest BCUT2D eigenvalue weighted by Crippen LogP contribution is -2.36. The first-order chi connectivity index (χ1) is 9.90. The molecule has 0 unspecified atom stereocenters. The molecule has 20 heavy (non-hydrogen) atoms. The molecule has 0 saturated carbocycles. The van der Waals surface area contributed by atoms with Crippen LogP contribution in [0.1, 0.15) is 11.1 Å². The summed E-state index contributed by atoms with van der Waals surface area (Å²) in [7, 11) is 0. The van der Waals surface area contributed by atoms with Crippen molar-refractivity contribution in [1.82, 2.24) is 9.80 Å². The Hall–Kier alpha value is -0.940. The van der Waals surface area contributed by atoms with Crippen LogP contribution < -0.4 is 0 Å². The molecule has 2 heterocycles. The van der Waals surface area contributed by atoms with E-state index < -0.39 is 0 Å². The van der Waals surface area contributed by atoms with Crippen LogP contribution in [0.3, 0.4) is 0 Å². The van der Waals surface area contributed by atoms with E-state index in [4.69, 9.17) is 9.47 Å². The van der Waals surface area contributed by atoms with Gasteiger partial charge in [0.1, 0.15) is 0 Å². The van der Waals surface area contributed by atoms with Crippen molar-refractivity contribution in [2.75, 3.05) is 52.6 Å². The summed E-state index contributed by atoms with van der Waals surface area (Å²) in [6, 6.07) is 9.08. The van der Waals surface area contributed by atoms with Crippen molar-refractivity contribution in [1.29, 1.82) is 0 Å². The molecule has 1 aromatic rings. The van der Waals surface area contributed by atoms with Gasteiger partial charge in [0, 0.05) is 39.3 Å². The predicted molar refractivity (Wildman–Crippen MR) is 78.6 cm³/mol. The van der Waals surface area contributed by atoms with Crippen LogP contribution >= 0.6 is 0 Å². The summed E-state index contributed by atoms with van der Waals surface area (Å²) in [5, 5.41) is 0. The quantitative estimate of drug-likeness (QED) is 0.829. The Bertz CT molecular complexity index is 356. The molecule has 2 fully saturated rings. The number of ether oxygens (including phenoxy) is 2. The summed E-state index contributed by atoms with van der Waals surface area (Å²) in [5.41, 5.74) is 2.80. The van der Waals surface area contributed by atoms with Crippen molar-refractivity contribution in [3.63, 3.8) is 0 Å². The normalized spacial score (nSPS) is 22.0. The van der Waals surface area contributed by atoms with Crippen LogP contribution in [-0.4, -0.2) is 62.4 Å². The van der Waals surface area contributed by atoms with Crippen LogP contribution in [0.5, 0.6) is 0 Å². The Morgan fingerprint density at radius 2 is 1.00 bits per heavy atom. The van der Waals surface area contributed by atoms with Crippen molar-refractivity contribution < 1.29 is 9.47 Å². The lowest BCUT2D eigenvalue weighted by atomic mass is 10.1. The molecular weight excluding hydrogens is 252 g/mol. The molecule has 0 spiro atoms. The van der Waals surface area contributed by atoms with Gasteiger partial charge in [-0.1, -0.05) is 24.3 Å². The molecule has 2 aliphatic heterocycles. The molecule has 4 heteroatoms. The van der Waals surface area contributed by atoms with E-state index in [0.717, 1.165) is 65.7 Å². The minimum atomic E-state index is 0.870. The molecule has 0 aromatic heterocycles. The minimum absolute atomic E-state index is 0.870. The van der Waals surface area contributed by atoms with Crippen LogP contribution in [-0.2, 0) is 22.6 Å². The lowest BCUT2D eigenvalue weighted by molar-refractivity contribution is 0.0337. The standard InChI is InChI=1S/C16H24N2O2/c1-2-16(14-18-7-11-20-12-8-18)4-3-15(1)13-17-5-9-19-10-6-17/h1-4H,5-14H2. The van der Waals surface area contributed by atoms with E-state index in [-0.39, 0.29) is 0 Å². The summed E-state index contributed by atoms with van der Waals surface area (Å²) in [4.78, 5) is 4.92. The second-order valence-electron chi connectivity index (χ2n) is 5.59. The molecule has 4 nitrogen and oxygen atoms in total. The number of morpholine rings is 2. The fraction of sp³-hybridized carbons (Fsp3) is 0.625. The third-order valence-corrected chi connectivity index (χ3v) is 4.04. The maximum atomic E-state index is 5.38. The number of hydrogen-bond acceptors (Lipinski definition) is 4. The van der Waals surface area contributed by atoms with Crippen molar-refractivity contribution in [3.8, 4) is 0 Å². The first kappa shape index (κ1) is 14.0. The Balaban J connectivity index is 1.51. The van der Waals surface area contributed by atoms with E-state index in [9.17, 15) is 0 Å². The second kappa shape index (κ2) is 7.18. The summed E-state index contributed by atoms with van der Waals surface area (Å²) >= 11 is 0. The molecule has 0 aliphatic carbocycles. The zero-order chi connectivity index (χ0) is 13.6. The van der Waals surface area contributed by atoms with E-state index in [2.05, 4.69) is 34.1 Å². The molecule has 0 N–H and O–H groups in total. The average molecular weight is 276 g/mol. The SMILES string of the molecule is c1cc(CN2CCOCC2)ccc1CN1CCOCC1. The summed E-state index contributed by atoms with van der Waals surface area (Å²) in [5.74, 6) is 0. The highest BCUT2D eigenvalue weighted by molar-refractivity contribution is 5.22. The van der Waals surface area contributed by atoms with Gasteiger partial charge in [-0.25, -0.2) is 0 Å². The summed E-state index contributed by atoms with van der Waals surface area (Å²) < 4.78 is 10.8. The van der Waals surface area contributed by atoms with Crippen LogP contribution in [0, 0.1) is 0 Å². The largest absolute Gasteiger partial charge is 0.379 e. The van der Waals surface area contributed by atoms with Crippen molar-refractivity contribution in [3.05, 3.63) is 35.4 Å². The van der Waals surface area contributed by atoms with Gasteiger partial charge in [0.15, 0.2) is 0 Å². The molecule has 0 radical (unpaired) electrons. The van der Waals surface area contributed by atoms with Gasteiger partial charge in [0.2, 0.25) is 0 Å². The van der Waals surface area contributed by atoms with E-state index >= 15 is 0 Å². The lowest BCUT2D eigenvalue weighted by Gasteiger charge is -2.27. The molecular formula is C16H24N2O2. The molecule has 2 saturated heterocycles. The Kier molecular flexibility index (Phi) is 5.03. The monoisotopic (exact) mass is 276 g/mol. The van der Waals surface area contributed by atoms with E-state index in [1.165, 1.54) is 11.1 Å². The fourth-order valence-electron chi connectivity index (χ4n) is 2.79. The van der Waals surface area contributed by atoms with Crippen LogP contribution in [0.2, 0.25) is 0 Å². The summed E-state index contributed by atoms with van der Waals surface area (Å²) in [6.07, 6.45) is 0. The van der Waals surface area contributed by atoms with Gasteiger partial charge < -0.3 is 9.47 Å². The van der Waals surface area contributed by atoms with Crippen molar-refractivity contribution in [2.24, 2.45) is 0 Å².